The molecule has 0 spiro atoms. The molecule has 0 aromatic carbocycles. The first-order valence-electron chi connectivity index (χ1n) is 4.12. The Labute approximate surface area is 84.3 Å². The van der Waals surface area contributed by atoms with Crippen molar-refractivity contribution in [1.29, 1.82) is 0 Å². The van der Waals surface area contributed by atoms with Crippen LogP contribution in [0.3, 0.4) is 0 Å². The zero-order valence-electron chi connectivity index (χ0n) is 7.98. The van der Waals surface area contributed by atoms with E-state index in [1.807, 2.05) is 0 Å². The fourth-order valence-corrected chi connectivity index (χ4v) is 0.854. The number of aliphatic carboxylic acids is 1. The van der Waals surface area contributed by atoms with Crippen LogP contribution in [0.4, 0.5) is 8.78 Å². The molecular weight excluding hydrogens is 210 g/mol. The average molecular weight is 220 g/mol. The fraction of sp³-hybridized carbons (Fsp3) is 0.500. The first kappa shape index (κ1) is 11.4. The largest absolute Gasteiger partial charge is 0.484 e. The van der Waals surface area contributed by atoms with E-state index in [-0.39, 0.29) is 12.3 Å². The summed E-state index contributed by atoms with van der Waals surface area (Å²) < 4.78 is 30.6. The van der Waals surface area contributed by atoms with Gasteiger partial charge in [0.05, 0.1) is 12.4 Å². The highest BCUT2D eigenvalue weighted by Crippen LogP contribution is 2.15. The lowest BCUT2D eigenvalue weighted by Crippen LogP contribution is -2.20. The first-order valence-corrected chi connectivity index (χ1v) is 4.12. The van der Waals surface area contributed by atoms with Gasteiger partial charge in [-0.25, -0.2) is 8.78 Å². The summed E-state index contributed by atoms with van der Waals surface area (Å²) in [5.41, 5.74) is 0. The minimum Gasteiger partial charge on any atom is -0.484 e. The van der Waals surface area contributed by atoms with Crippen molar-refractivity contribution >= 4 is 5.97 Å². The number of carboxylic acids is 1. The van der Waals surface area contributed by atoms with E-state index in [9.17, 15) is 13.6 Å². The molecule has 0 bridgehead atoms. The van der Waals surface area contributed by atoms with Crippen LogP contribution in [0.25, 0.3) is 0 Å². The first-order chi connectivity index (χ1) is 6.87. The molecule has 0 unspecified atom stereocenters. The van der Waals surface area contributed by atoms with Crippen LogP contribution in [-0.2, 0) is 11.3 Å². The van der Waals surface area contributed by atoms with Crippen LogP contribution in [0, 0.1) is 0 Å². The number of alkyl halides is 2. The third-order valence-corrected chi connectivity index (χ3v) is 1.40. The van der Waals surface area contributed by atoms with Gasteiger partial charge in [-0.3, -0.25) is 9.48 Å². The zero-order valence-corrected chi connectivity index (χ0v) is 7.98. The number of carbonyl (C=O) groups is 1. The quantitative estimate of drug-likeness (QED) is 0.804. The maximum atomic E-state index is 12.4. The molecule has 0 aliphatic heterocycles. The highest BCUT2D eigenvalue weighted by atomic mass is 19.3. The highest BCUT2D eigenvalue weighted by Gasteiger charge is 2.22. The van der Waals surface area contributed by atoms with E-state index in [4.69, 9.17) is 9.84 Å². The molecule has 0 aliphatic rings. The Morgan fingerprint density at radius 3 is 2.93 bits per heavy atom. The van der Waals surface area contributed by atoms with Crippen molar-refractivity contribution in [3.05, 3.63) is 12.4 Å². The Hall–Kier alpha value is -1.66. The predicted octanol–water partition coefficient (Wildman–Crippen LogP) is 1.00. The van der Waals surface area contributed by atoms with Gasteiger partial charge in [-0.15, -0.1) is 0 Å². The smallest absolute Gasteiger partial charge is 0.325 e. The number of rotatable bonds is 5. The number of hydrogen-bond donors (Lipinski definition) is 1. The number of aromatic nitrogens is 2. The van der Waals surface area contributed by atoms with Crippen molar-refractivity contribution < 1.29 is 23.4 Å². The second kappa shape index (κ2) is 4.24. The van der Waals surface area contributed by atoms with Gasteiger partial charge in [0.1, 0.15) is 6.54 Å². The van der Waals surface area contributed by atoms with E-state index in [1.54, 1.807) is 0 Å². The van der Waals surface area contributed by atoms with Gasteiger partial charge in [-0.2, -0.15) is 5.10 Å². The Kier molecular flexibility index (Phi) is 3.23. The number of hydrogen-bond acceptors (Lipinski definition) is 3. The van der Waals surface area contributed by atoms with Gasteiger partial charge in [0.15, 0.2) is 12.4 Å². The van der Waals surface area contributed by atoms with Crippen LogP contribution < -0.4 is 4.74 Å². The molecule has 1 heterocycles. The minimum absolute atomic E-state index is 0.123. The monoisotopic (exact) mass is 220 g/mol. The van der Waals surface area contributed by atoms with E-state index in [0.29, 0.717) is 0 Å². The van der Waals surface area contributed by atoms with E-state index < -0.39 is 18.5 Å². The maximum Gasteiger partial charge on any atom is 0.325 e. The molecule has 0 atom stereocenters. The van der Waals surface area contributed by atoms with Gasteiger partial charge in [0.2, 0.25) is 0 Å². The molecule has 1 N–H and O–H groups in total. The van der Waals surface area contributed by atoms with Crippen molar-refractivity contribution in [2.24, 2.45) is 0 Å². The molecule has 1 aromatic heterocycles. The van der Waals surface area contributed by atoms with E-state index in [2.05, 4.69) is 5.10 Å². The van der Waals surface area contributed by atoms with Crippen molar-refractivity contribution in [2.45, 2.75) is 19.4 Å². The summed E-state index contributed by atoms with van der Waals surface area (Å²) in [5.74, 6) is -3.86. The molecule has 0 amide bonds. The fourth-order valence-electron chi connectivity index (χ4n) is 0.854. The lowest BCUT2D eigenvalue weighted by molar-refractivity contribution is -0.137. The molecule has 0 aliphatic carbocycles. The van der Waals surface area contributed by atoms with Gasteiger partial charge >= 0.3 is 5.97 Å². The summed E-state index contributed by atoms with van der Waals surface area (Å²) in [7, 11) is 0. The molecule has 1 rings (SSSR count). The molecule has 15 heavy (non-hydrogen) atoms. The lowest BCUT2D eigenvalue weighted by Gasteiger charge is -2.09. The van der Waals surface area contributed by atoms with E-state index >= 15 is 0 Å². The Balaban J connectivity index is 2.50. The van der Waals surface area contributed by atoms with Crippen molar-refractivity contribution in [1.82, 2.24) is 9.78 Å². The van der Waals surface area contributed by atoms with E-state index in [0.717, 1.165) is 11.6 Å². The third-order valence-electron chi connectivity index (χ3n) is 1.40. The second-order valence-electron chi connectivity index (χ2n) is 3.13. The molecule has 1 aromatic rings. The van der Waals surface area contributed by atoms with Crippen molar-refractivity contribution in [3.63, 3.8) is 0 Å². The summed E-state index contributed by atoms with van der Waals surface area (Å²) >= 11 is 0. The Morgan fingerprint density at radius 1 is 1.73 bits per heavy atom. The number of carboxylic acid groups (broad SMARTS) is 1. The molecule has 5 nitrogen and oxygen atoms in total. The summed E-state index contributed by atoms with van der Waals surface area (Å²) in [4.78, 5) is 10.3. The van der Waals surface area contributed by atoms with Gasteiger partial charge in [-0.05, 0) is 0 Å². The molecule has 0 saturated carbocycles. The third kappa shape index (κ3) is 4.39. The van der Waals surface area contributed by atoms with Crippen LogP contribution in [0.1, 0.15) is 6.92 Å². The molecule has 0 saturated heterocycles. The maximum absolute atomic E-state index is 12.4. The average Bonchev–Trinajstić information content (AvgIpc) is 2.46. The van der Waals surface area contributed by atoms with Crippen molar-refractivity contribution in [3.8, 4) is 5.75 Å². The summed E-state index contributed by atoms with van der Waals surface area (Å²) in [6.07, 6.45) is 2.44. The van der Waals surface area contributed by atoms with Gasteiger partial charge in [0.25, 0.3) is 5.92 Å². The van der Waals surface area contributed by atoms with Crippen LogP contribution in [0.5, 0.6) is 5.75 Å². The van der Waals surface area contributed by atoms with Gasteiger partial charge < -0.3 is 9.84 Å². The summed E-state index contributed by atoms with van der Waals surface area (Å²) in [6, 6.07) is 0. The number of ether oxygens (including phenoxy) is 1. The topological polar surface area (TPSA) is 64.4 Å². The molecule has 7 heteroatoms. The van der Waals surface area contributed by atoms with Crippen LogP contribution >= 0.6 is 0 Å². The predicted molar refractivity (Wildman–Crippen MR) is 46.0 cm³/mol. The number of halogens is 2. The van der Waals surface area contributed by atoms with Crippen molar-refractivity contribution in [2.75, 3.05) is 6.61 Å². The van der Waals surface area contributed by atoms with E-state index in [1.165, 1.54) is 12.4 Å². The van der Waals surface area contributed by atoms with Crippen LogP contribution in [-0.4, -0.2) is 33.4 Å². The van der Waals surface area contributed by atoms with Gasteiger partial charge in [0, 0.05) is 6.92 Å². The molecule has 0 radical (unpaired) electrons. The summed E-state index contributed by atoms with van der Waals surface area (Å²) in [5, 5.41) is 12.0. The highest BCUT2D eigenvalue weighted by molar-refractivity contribution is 5.66. The SMILES string of the molecule is CC(F)(F)COc1cnn(CC(=O)O)c1. The normalized spacial score (nSPS) is 11.4. The summed E-state index contributed by atoms with van der Waals surface area (Å²) in [6.45, 7) is -0.355. The lowest BCUT2D eigenvalue weighted by atomic mass is 10.4. The number of nitrogens with zero attached hydrogens (tertiary/aromatic N) is 2. The minimum atomic E-state index is -2.92. The van der Waals surface area contributed by atoms with Crippen LogP contribution in [0.2, 0.25) is 0 Å². The molecule has 84 valence electrons. The Bertz CT molecular complexity index is 346. The molecular formula is C8H10F2N2O3. The standard InChI is InChI=1S/C8H10F2N2O3/c1-8(9,10)5-15-6-2-11-12(3-6)4-7(13)14/h2-3H,4-5H2,1H3,(H,13,14). The molecule has 0 fully saturated rings. The van der Waals surface area contributed by atoms with Gasteiger partial charge in [-0.1, -0.05) is 0 Å². The Morgan fingerprint density at radius 2 is 2.40 bits per heavy atom. The second-order valence-corrected chi connectivity index (χ2v) is 3.13. The van der Waals surface area contributed by atoms with Crippen LogP contribution in [0.15, 0.2) is 12.4 Å². The zero-order chi connectivity index (χ0) is 11.5.